The van der Waals surface area contributed by atoms with E-state index in [0.717, 1.165) is 0 Å². The Morgan fingerprint density at radius 3 is 2.65 bits per heavy atom. The minimum Gasteiger partial charge on any atom is -0.443 e. The maximum absolute atomic E-state index is 12.4. The molecule has 0 unspecified atom stereocenters. The summed E-state index contributed by atoms with van der Waals surface area (Å²) in [6, 6.07) is 2.89. The zero-order valence-corrected chi connectivity index (χ0v) is 12.2. The summed E-state index contributed by atoms with van der Waals surface area (Å²) in [7, 11) is 0. The second-order valence-electron chi connectivity index (χ2n) is 4.83. The van der Waals surface area contributed by atoms with Crippen molar-refractivity contribution in [2.24, 2.45) is 0 Å². The van der Waals surface area contributed by atoms with Gasteiger partial charge < -0.3 is 14.6 Å². The number of alkyl halides is 3. The number of halogens is 3. The van der Waals surface area contributed by atoms with E-state index in [2.05, 4.69) is 25.0 Å². The number of nitrogens with one attached hydrogen (secondary N) is 1. The van der Waals surface area contributed by atoms with Crippen LogP contribution >= 0.6 is 0 Å². The van der Waals surface area contributed by atoms with Crippen molar-refractivity contribution in [2.75, 3.05) is 0 Å². The topological polar surface area (TPSA) is 90.1 Å². The monoisotopic (exact) mass is 330 g/mol. The van der Waals surface area contributed by atoms with E-state index in [0.29, 0.717) is 5.69 Å². The molecule has 0 aliphatic rings. The number of rotatable bonds is 4. The van der Waals surface area contributed by atoms with Crippen molar-refractivity contribution in [3.05, 3.63) is 29.9 Å². The lowest BCUT2D eigenvalue weighted by Gasteiger charge is -2.08. The standard InChI is InChI=1S/C13H13F3N4O3/c1-7(2)18-12(21)22-6-9-4-3-8(5-17-9)10-19-11(23-20-10)13(14,15)16/h3-5,7H,6H2,1-2H3,(H,18,21). The van der Waals surface area contributed by atoms with E-state index in [1.165, 1.54) is 18.3 Å². The summed E-state index contributed by atoms with van der Waals surface area (Å²) in [5, 5.41) is 5.79. The Kier molecular flexibility index (Phi) is 4.82. The molecule has 1 amide bonds. The van der Waals surface area contributed by atoms with Crippen LogP contribution in [0.3, 0.4) is 0 Å². The molecule has 2 aromatic heterocycles. The molecule has 0 saturated carbocycles. The predicted molar refractivity (Wildman–Crippen MR) is 71.0 cm³/mol. The van der Waals surface area contributed by atoms with Crippen molar-refractivity contribution >= 4 is 6.09 Å². The lowest BCUT2D eigenvalue weighted by Crippen LogP contribution is -2.30. The van der Waals surface area contributed by atoms with Gasteiger partial charge in [-0.1, -0.05) is 5.16 Å². The molecule has 0 atom stereocenters. The van der Waals surface area contributed by atoms with E-state index in [1.807, 2.05) is 0 Å². The number of carbonyl (C=O) groups excluding carboxylic acids is 1. The van der Waals surface area contributed by atoms with Crippen LogP contribution in [0, 0.1) is 0 Å². The van der Waals surface area contributed by atoms with Gasteiger partial charge in [-0.2, -0.15) is 18.2 Å². The van der Waals surface area contributed by atoms with E-state index >= 15 is 0 Å². The van der Waals surface area contributed by atoms with Gasteiger partial charge in [-0.25, -0.2) is 4.79 Å². The number of hydrogen-bond donors (Lipinski definition) is 1. The summed E-state index contributed by atoms with van der Waals surface area (Å²) in [5.41, 5.74) is 0.673. The third-order valence-electron chi connectivity index (χ3n) is 2.51. The Labute approximate surface area is 128 Å². The molecule has 7 nitrogen and oxygen atoms in total. The summed E-state index contributed by atoms with van der Waals surface area (Å²) in [6.45, 7) is 3.50. The van der Waals surface area contributed by atoms with Crippen molar-refractivity contribution in [2.45, 2.75) is 32.7 Å². The summed E-state index contributed by atoms with van der Waals surface area (Å²) in [6.07, 6.45) is -4.01. The van der Waals surface area contributed by atoms with Crippen LogP contribution in [-0.4, -0.2) is 27.3 Å². The molecule has 0 aromatic carbocycles. The predicted octanol–water partition coefficient (Wildman–Crippen LogP) is 2.79. The SMILES string of the molecule is CC(C)NC(=O)OCc1ccc(-c2noc(C(F)(F)F)n2)cn1. The first-order valence-electron chi connectivity index (χ1n) is 6.55. The average Bonchev–Trinajstić information content (AvgIpc) is 2.95. The van der Waals surface area contributed by atoms with E-state index in [1.54, 1.807) is 13.8 Å². The molecular formula is C13H13F3N4O3. The molecule has 23 heavy (non-hydrogen) atoms. The zero-order valence-electron chi connectivity index (χ0n) is 12.2. The van der Waals surface area contributed by atoms with Gasteiger partial charge in [0.25, 0.3) is 0 Å². The maximum atomic E-state index is 12.4. The maximum Gasteiger partial charge on any atom is 0.471 e. The molecule has 124 valence electrons. The van der Waals surface area contributed by atoms with Crippen molar-refractivity contribution in [1.82, 2.24) is 20.4 Å². The second-order valence-corrected chi connectivity index (χ2v) is 4.83. The van der Waals surface area contributed by atoms with Crippen LogP contribution in [0.15, 0.2) is 22.9 Å². The average molecular weight is 330 g/mol. The molecule has 0 saturated heterocycles. The van der Waals surface area contributed by atoms with Crippen LogP contribution < -0.4 is 5.32 Å². The smallest absolute Gasteiger partial charge is 0.443 e. The first-order chi connectivity index (χ1) is 10.8. The van der Waals surface area contributed by atoms with Crippen LogP contribution in [0.25, 0.3) is 11.4 Å². The number of carbonyl (C=O) groups is 1. The molecule has 0 bridgehead atoms. The minimum atomic E-state index is -4.70. The van der Waals surface area contributed by atoms with Crippen LogP contribution in [0.2, 0.25) is 0 Å². The molecule has 2 heterocycles. The Hall–Kier alpha value is -2.65. The highest BCUT2D eigenvalue weighted by Crippen LogP contribution is 2.29. The zero-order chi connectivity index (χ0) is 17.0. The summed E-state index contributed by atoms with van der Waals surface area (Å²) < 4.78 is 46.2. The molecule has 2 aromatic rings. The summed E-state index contributed by atoms with van der Waals surface area (Å²) >= 11 is 0. The number of nitrogens with zero attached hydrogens (tertiary/aromatic N) is 3. The third-order valence-corrected chi connectivity index (χ3v) is 2.51. The van der Waals surface area contributed by atoms with Crippen molar-refractivity contribution in [3.8, 4) is 11.4 Å². The molecule has 1 N–H and O–H groups in total. The number of aromatic nitrogens is 3. The van der Waals surface area contributed by atoms with Crippen LogP contribution in [-0.2, 0) is 17.5 Å². The number of pyridine rings is 1. The number of hydrogen-bond acceptors (Lipinski definition) is 6. The van der Waals surface area contributed by atoms with E-state index in [-0.39, 0.29) is 24.0 Å². The summed E-state index contributed by atoms with van der Waals surface area (Å²) in [5.74, 6) is -1.65. The molecule has 2 rings (SSSR count). The fourth-order valence-electron chi connectivity index (χ4n) is 1.51. The van der Waals surface area contributed by atoms with Crippen LogP contribution in [0.1, 0.15) is 25.4 Å². The van der Waals surface area contributed by atoms with Crippen LogP contribution in [0.4, 0.5) is 18.0 Å². The van der Waals surface area contributed by atoms with Gasteiger partial charge in [0.2, 0.25) is 5.82 Å². The van der Waals surface area contributed by atoms with Crippen molar-refractivity contribution in [1.29, 1.82) is 0 Å². The lowest BCUT2D eigenvalue weighted by atomic mass is 10.2. The molecule has 0 aliphatic carbocycles. The van der Waals surface area contributed by atoms with Gasteiger partial charge in [0.05, 0.1) is 5.69 Å². The number of alkyl carbamates (subject to hydrolysis) is 1. The Balaban J connectivity index is 1.99. The second kappa shape index (κ2) is 6.63. The van der Waals surface area contributed by atoms with Crippen molar-refractivity contribution < 1.29 is 27.2 Å². The van der Waals surface area contributed by atoms with Gasteiger partial charge in [0.1, 0.15) is 6.61 Å². The molecule has 0 radical (unpaired) electrons. The van der Waals surface area contributed by atoms with Gasteiger partial charge in [0.15, 0.2) is 0 Å². The van der Waals surface area contributed by atoms with Gasteiger partial charge in [0, 0.05) is 17.8 Å². The number of amides is 1. The van der Waals surface area contributed by atoms with Gasteiger partial charge in [-0.3, -0.25) is 4.98 Å². The van der Waals surface area contributed by atoms with Crippen LogP contribution in [0.5, 0.6) is 0 Å². The highest BCUT2D eigenvalue weighted by Gasteiger charge is 2.38. The van der Waals surface area contributed by atoms with Gasteiger partial charge in [-0.15, -0.1) is 0 Å². The Bertz CT molecular complexity index is 668. The fourth-order valence-corrected chi connectivity index (χ4v) is 1.51. The number of ether oxygens (including phenoxy) is 1. The largest absolute Gasteiger partial charge is 0.471 e. The first-order valence-corrected chi connectivity index (χ1v) is 6.55. The quantitative estimate of drug-likeness (QED) is 0.927. The third kappa shape index (κ3) is 4.66. The van der Waals surface area contributed by atoms with E-state index < -0.39 is 18.2 Å². The first kappa shape index (κ1) is 16.7. The highest BCUT2D eigenvalue weighted by atomic mass is 19.4. The normalized spacial score (nSPS) is 11.6. The van der Waals surface area contributed by atoms with Gasteiger partial charge in [-0.05, 0) is 26.0 Å². The van der Waals surface area contributed by atoms with E-state index in [9.17, 15) is 18.0 Å². The molecule has 0 fully saturated rings. The van der Waals surface area contributed by atoms with Gasteiger partial charge >= 0.3 is 18.2 Å². The lowest BCUT2D eigenvalue weighted by molar-refractivity contribution is -0.159. The molecule has 0 aliphatic heterocycles. The highest BCUT2D eigenvalue weighted by molar-refractivity contribution is 5.67. The molecule has 10 heteroatoms. The summed E-state index contributed by atoms with van der Waals surface area (Å²) in [4.78, 5) is 18.5. The molecule has 0 spiro atoms. The Morgan fingerprint density at radius 2 is 2.13 bits per heavy atom. The van der Waals surface area contributed by atoms with E-state index in [4.69, 9.17) is 4.74 Å². The van der Waals surface area contributed by atoms with Crippen molar-refractivity contribution in [3.63, 3.8) is 0 Å². The Morgan fingerprint density at radius 1 is 1.39 bits per heavy atom. The fraction of sp³-hybridized carbons (Fsp3) is 0.385. The molecular weight excluding hydrogens is 317 g/mol. The minimum absolute atomic E-state index is 0.0566.